The first kappa shape index (κ1) is 11.6. The van der Waals surface area contributed by atoms with Crippen molar-refractivity contribution in [2.24, 2.45) is 0 Å². The smallest absolute Gasteiger partial charge is 0.160 e. The van der Waals surface area contributed by atoms with Crippen LogP contribution in [0.3, 0.4) is 0 Å². The summed E-state index contributed by atoms with van der Waals surface area (Å²) in [5, 5.41) is 1.90. The SMILES string of the molecule is CC1CS(=O)(=O)CCN1c1csc(C=O)c1. The van der Waals surface area contributed by atoms with Gasteiger partial charge in [-0.05, 0) is 13.0 Å². The third-order valence-corrected chi connectivity index (χ3v) is 5.36. The normalized spacial score (nSPS) is 24.3. The van der Waals surface area contributed by atoms with Crippen LogP contribution in [0.25, 0.3) is 0 Å². The second-order valence-electron chi connectivity index (χ2n) is 3.98. The minimum Gasteiger partial charge on any atom is -0.366 e. The number of rotatable bonds is 2. The van der Waals surface area contributed by atoms with Gasteiger partial charge in [-0.25, -0.2) is 8.42 Å². The molecule has 16 heavy (non-hydrogen) atoms. The summed E-state index contributed by atoms with van der Waals surface area (Å²) in [6.45, 7) is 2.41. The van der Waals surface area contributed by atoms with E-state index < -0.39 is 9.84 Å². The lowest BCUT2D eigenvalue weighted by Crippen LogP contribution is -2.46. The second kappa shape index (κ2) is 4.18. The Kier molecular flexibility index (Phi) is 3.03. The second-order valence-corrected chi connectivity index (χ2v) is 7.15. The monoisotopic (exact) mass is 259 g/mol. The van der Waals surface area contributed by atoms with Crippen molar-refractivity contribution in [2.45, 2.75) is 13.0 Å². The molecule has 0 bridgehead atoms. The molecule has 1 fully saturated rings. The predicted octanol–water partition coefficient (Wildman–Crippen LogP) is 1.18. The van der Waals surface area contributed by atoms with Crippen LogP contribution in [0.4, 0.5) is 5.69 Å². The van der Waals surface area contributed by atoms with Gasteiger partial charge in [-0.2, -0.15) is 0 Å². The summed E-state index contributed by atoms with van der Waals surface area (Å²) in [6, 6.07) is 1.79. The van der Waals surface area contributed by atoms with Crippen molar-refractivity contribution in [1.29, 1.82) is 0 Å². The van der Waals surface area contributed by atoms with Crippen molar-refractivity contribution in [3.8, 4) is 0 Å². The molecule has 2 heterocycles. The molecule has 4 nitrogen and oxygen atoms in total. The lowest BCUT2D eigenvalue weighted by molar-refractivity contribution is 0.112. The van der Waals surface area contributed by atoms with Gasteiger partial charge in [0.1, 0.15) is 0 Å². The number of nitrogens with zero attached hydrogens (tertiary/aromatic N) is 1. The summed E-state index contributed by atoms with van der Waals surface area (Å²) in [5.74, 6) is 0.392. The third-order valence-electron chi connectivity index (χ3n) is 2.72. The van der Waals surface area contributed by atoms with E-state index in [1.54, 1.807) is 0 Å². The fraction of sp³-hybridized carbons (Fsp3) is 0.500. The molecule has 0 radical (unpaired) electrons. The van der Waals surface area contributed by atoms with E-state index in [2.05, 4.69) is 0 Å². The van der Waals surface area contributed by atoms with E-state index in [9.17, 15) is 13.2 Å². The highest BCUT2D eigenvalue weighted by Gasteiger charge is 2.28. The highest BCUT2D eigenvalue weighted by atomic mass is 32.2. The van der Waals surface area contributed by atoms with Crippen molar-refractivity contribution in [3.05, 3.63) is 16.3 Å². The summed E-state index contributed by atoms with van der Waals surface area (Å²) in [6.07, 6.45) is 0.819. The van der Waals surface area contributed by atoms with Gasteiger partial charge in [0.2, 0.25) is 0 Å². The summed E-state index contributed by atoms with van der Waals surface area (Å²) < 4.78 is 22.8. The van der Waals surface area contributed by atoms with E-state index in [0.717, 1.165) is 12.0 Å². The Bertz CT molecular complexity index is 492. The van der Waals surface area contributed by atoms with Gasteiger partial charge < -0.3 is 4.90 Å². The summed E-state index contributed by atoms with van der Waals surface area (Å²) in [7, 11) is -2.88. The Hall–Kier alpha value is -0.880. The molecular formula is C10H13NO3S2. The van der Waals surface area contributed by atoms with Crippen molar-refractivity contribution < 1.29 is 13.2 Å². The van der Waals surface area contributed by atoms with E-state index in [0.29, 0.717) is 11.4 Å². The Balaban J connectivity index is 2.20. The zero-order valence-corrected chi connectivity index (χ0v) is 10.6. The first-order valence-corrected chi connectivity index (χ1v) is 7.73. The van der Waals surface area contributed by atoms with Gasteiger partial charge in [0.25, 0.3) is 0 Å². The van der Waals surface area contributed by atoms with Crippen LogP contribution in [-0.4, -0.2) is 38.8 Å². The van der Waals surface area contributed by atoms with E-state index >= 15 is 0 Å². The van der Waals surface area contributed by atoms with Gasteiger partial charge >= 0.3 is 0 Å². The van der Waals surface area contributed by atoms with E-state index in [1.165, 1.54) is 11.3 Å². The average molecular weight is 259 g/mol. The number of sulfone groups is 1. The lowest BCUT2D eigenvalue weighted by atomic mass is 10.3. The Morgan fingerprint density at radius 1 is 1.56 bits per heavy atom. The molecule has 6 heteroatoms. The van der Waals surface area contributed by atoms with Gasteiger partial charge in [0.15, 0.2) is 16.1 Å². The maximum absolute atomic E-state index is 11.4. The van der Waals surface area contributed by atoms with E-state index in [-0.39, 0.29) is 17.5 Å². The fourth-order valence-electron chi connectivity index (χ4n) is 1.94. The largest absolute Gasteiger partial charge is 0.366 e. The number of carbonyl (C=O) groups excluding carboxylic acids is 1. The number of aldehydes is 1. The van der Waals surface area contributed by atoms with Gasteiger partial charge in [0, 0.05) is 23.7 Å². The Morgan fingerprint density at radius 3 is 2.88 bits per heavy atom. The van der Waals surface area contributed by atoms with Gasteiger partial charge in [-0.3, -0.25) is 4.79 Å². The lowest BCUT2D eigenvalue weighted by Gasteiger charge is -2.34. The molecule has 88 valence electrons. The van der Waals surface area contributed by atoms with E-state index in [4.69, 9.17) is 0 Å². The van der Waals surface area contributed by atoms with Crippen LogP contribution in [-0.2, 0) is 9.84 Å². The van der Waals surface area contributed by atoms with Gasteiger partial charge in [-0.15, -0.1) is 11.3 Å². The number of carbonyl (C=O) groups is 1. The molecule has 1 aromatic rings. The molecule has 1 aliphatic rings. The van der Waals surface area contributed by atoms with Crippen molar-refractivity contribution in [2.75, 3.05) is 23.0 Å². The predicted molar refractivity (Wildman–Crippen MR) is 65.2 cm³/mol. The average Bonchev–Trinajstić information content (AvgIpc) is 2.64. The van der Waals surface area contributed by atoms with Crippen molar-refractivity contribution >= 4 is 33.1 Å². The van der Waals surface area contributed by atoms with Crippen LogP contribution in [0.5, 0.6) is 0 Å². The fourth-order valence-corrected chi connectivity index (χ4v) is 4.20. The summed E-state index contributed by atoms with van der Waals surface area (Å²) in [4.78, 5) is 13.3. The number of thiophene rings is 1. The molecule has 0 N–H and O–H groups in total. The molecule has 2 rings (SSSR count). The summed E-state index contributed by atoms with van der Waals surface area (Å²) in [5.41, 5.74) is 0.953. The first-order valence-electron chi connectivity index (χ1n) is 5.02. The van der Waals surface area contributed by atoms with Crippen LogP contribution < -0.4 is 4.90 Å². The van der Waals surface area contributed by atoms with Crippen LogP contribution in [0.2, 0.25) is 0 Å². The zero-order chi connectivity index (χ0) is 11.8. The molecule has 0 aliphatic carbocycles. The number of hydrogen-bond donors (Lipinski definition) is 0. The van der Waals surface area contributed by atoms with Crippen LogP contribution in [0, 0.1) is 0 Å². The quantitative estimate of drug-likeness (QED) is 0.749. The molecule has 0 spiro atoms. The Morgan fingerprint density at radius 2 is 2.31 bits per heavy atom. The minimum absolute atomic E-state index is 0.0205. The number of anilines is 1. The minimum atomic E-state index is -2.88. The van der Waals surface area contributed by atoms with Crippen molar-refractivity contribution in [3.63, 3.8) is 0 Å². The highest BCUT2D eigenvalue weighted by molar-refractivity contribution is 7.91. The van der Waals surface area contributed by atoms with Crippen LogP contribution >= 0.6 is 11.3 Å². The zero-order valence-electron chi connectivity index (χ0n) is 8.92. The maximum atomic E-state index is 11.4. The molecule has 1 atom stereocenters. The first-order chi connectivity index (χ1) is 7.52. The van der Waals surface area contributed by atoms with Crippen molar-refractivity contribution in [1.82, 2.24) is 0 Å². The molecule has 1 unspecified atom stereocenters. The third kappa shape index (κ3) is 2.27. The Labute approximate surface area is 98.8 Å². The molecular weight excluding hydrogens is 246 g/mol. The topological polar surface area (TPSA) is 54.5 Å². The molecule has 0 aromatic carbocycles. The molecule has 1 aromatic heterocycles. The molecule has 0 amide bonds. The van der Waals surface area contributed by atoms with Crippen LogP contribution in [0.15, 0.2) is 11.4 Å². The van der Waals surface area contributed by atoms with Gasteiger partial charge in [-0.1, -0.05) is 0 Å². The molecule has 0 saturated carbocycles. The number of hydrogen-bond acceptors (Lipinski definition) is 5. The summed E-state index contributed by atoms with van der Waals surface area (Å²) >= 11 is 1.39. The highest BCUT2D eigenvalue weighted by Crippen LogP contribution is 2.26. The van der Waals surface area contributed by atoms with E-state index in [1.807, 2.05) is 23.3 Å². The maximum Gasteiger partial charge on any atom is 0.160 e. The molecule has 1 saturated heterocycles. The van der Waals surface area contributed by atoms with Crippen LogP contribution in [0.1, 0.15) is 16.6 Å². The molecule has 1 aliphatic heterocycles. The standard InChI is InChI=1S/C10H13NO3S2/c1-8-7-16(13,14)3-2-11(8)9-4-10(5-12)15-6-9/h4-6,8H,2-3,7H2,1H3. The van der Waals surface area contributed by atoms with Gasteiger partial charge in [0.05, 0.1) is 16.4 Å².